The molecule has 2 rings (SSSR count). The van der Waals surface area contributed by atoms with Gasteiger partial charge < -0.3 is 10.1 Å². The summed E-state index contributed by atoms with van der Waals surface area (Å²) < 4.78 is 33.1. The largest absolute Gasteiger partial charge is 0.382 e. The lowest BCUT2D eigenvalue weighted by molar-refractivity contribution is -0.119. The Morgan fingerprint density at radius 3 is 2.27 bits per heavy atom. The van der Waals surface area contributed by atoms with E-state index in [0.717, 1.165) is 11.1 Å². The van der Waals surface area contributed by atoms with Gasteiger partial charge in [-0.25, -0.2) is 8.42 Å². The van der Waals surface area contributed by atoms with E-state index in [1.807, 2.05) is 26.0 Å². The van der Waals surface area contributed by atoms with E-state index in [0.29, 0.717) is 37.8 Å². The van der Waals surface area contributed by atoms with Gasteiger partial charge in [0, 0.05) is 19.8 Å². The van der Waals surface area contributed by atoms with E-state index < -0.39 is 10.0 Å². The zero-order chi connectivity index (χ0) is 22.1. The van der Waals surface area contributed by atoms with Crippen LogP contribution in [0.15, 0.2) is 53.4 Å². The van der Waals surface area contributed by atoms with E-state index in [1.165, 1.54) is 4.31 Å². The molecule has 0 aliphatic rings. The number of carbonyl (C=O) groups excluding carboxylic acids is 1. The average Bonchev–Trinajstić information content (AvgIpc) is 2.72. The van der Waals surface area contributed by atoms with Crippen molar-refractivity contribution < 1.29 is 17.9 Å². The molecule has 1 N–H and O–H groups in total. The maximum absolute atomic E-state index is 13.3. The number of ether oxygens (including phenoxy) is 1. The molecule has 0 saturated heterocycles. The first-order valence-electron chi connectivity index (χ1n) is 10.3. The third-order valence-electron chi connectivity index (χ3n) is 4.74. The normalized spacial score (nSPS) is 11.5. The minimum absolute atomic E-state index is 0.158. The third kappa shape index (κ3) is 6.57. The summed E-state index contributed by atoms with van der Waals surface area (Å²) in [6.07, 6.45) is 0.674. The highest BCUT2D eigenvalue weighted by molar-refractivity contribution is 7.92. The van der Waals surface area contributed by atoms with Crippen molar-refractivity contribution in [3.8, 4) is 0 Å². The fourth-order valence-electron chi connectivity index (χ4n) is 2.91. The summed E-state index contributed by atoms with van der Waals surface area (Å²) in [6, 6.07) is 13.9. The van der Waals surface area contributed by atoms with Gasteiger partial charge >= 0.3 is 0 Å². The number of rotatable bonds is 11. The zero-order valence-corrected chi connectivity index (χ0v) is 19.0. The quantitative estimate of drug-likeness (QED) is 0.547. The van der Waals surface area contributed by atoms with E-state index in [1.54, 1.807) is 36.4 Å². The van der Waals surface area contributed by atoms with E-state index in [2.05, 4.69) is 19.2 Å². The number of sulfonamides is 1. The van der Waals surface area contributed by atoms with E-state index >= 15 is 0 Å². The Balaban J connectivity index is 2.26. The van der Waals surface area contributed by atoms with Gasteiger partial charge in [0.15, 0.2) is 0 Å². The molecule has 1 amide bonds. The molecule has 0 unspecified atom stereocenters. The molecule has 2 aromatic carbocycles. The second-order valence-corrected chi connectivity index (χ2v) is 9.33. The average molecular weight is 433 g/mol. The Kier molecular flexibility index (Phi) is 8.87. The van der Waals surface area contributed by atoms with Gasteiger partial charge in [-0.15, -0.1) is 0 Å². The molecule has 6 nitrogen and oxygen atoms in total. The van der Waals surface area contributed by atoms with E-state index in [4.69, 9.17) is 4.74 Å². The Hall–Kier alpha value is -2.38. The summed E-state index contributed by atoms with van der Waals surface area (Å²) in [5.74, 6) is -0.0232. The standard InChI is InChI=1S/C23H32N2O4S/c1-5-29-16-6-15-24-23(26)17-25(21-11-9-20(10-12-21)18(2)3)30(27,28)22-13-7-19(4)8-14-22/h7-14,18H,5-6,15-17H2,1-4H3,(H,24,26). The first kappa shape index (κ1) is 23.9. The van der Waals surface area contributed by atoms with Crippen LogP contribution < -0.4 is 9.62 Å². The van der Waals surface area contributed by atoms with Gasteiger partial charge in [-0.2, -0.15) is 0 Å². The van der Waals surface area contributed by atoms with Gasteiger partial charge in [-0.05, 0) is 56.0 Å². The number of amides is 1. The number of nitrogens with one attached hydrogen (secondary N) is 1. The molecule has 0 radical (unpaired) electrons. The van der Waals surface area contributed by atoms with Crippen molar-refractivity contribution >= 4 is 21.6 Å². The van der Waals surface area contributed by atoms with Crippen LogP contribution in [0.2, 0.25) is 0 Å². The van der Waals surface area contributed by atoms with Crippen LogP contribution in [0.4, 0.5) is 5.69 Å². The Bertz CT molecular complexity index is 907. The number of aryl methyl sites for hydroxylation is 1. The molecule has 0 aliphatic carbocycles. The number of hydrogen-bond acceptors (Lipinski definition) is 4. The highest BCUT2D eigenvalue weighted by atomic mass is 32.2. The lowest BCUT2D eigenvalue weighted by Gasteiger charge is -2.24. The third-order valence-corrected chi connectivity index (χ3v) is 6.52. The smallest absolute Gasteiger partial charge is 0.264 e. The van der Waals surface area contributed by atoms with Crippen LogP contribution in [0.5, 0.6) is 0 Å². The molecule has 0 atom stereocenters. The SMILES string of the molecule is CCOCCCNC(=O)CN(c1ccc(C(C)C)cc1)S(=O)(=O)c1ccc(C)cc1. The van der Waals surface area contributed by atoms with Gasteiger partial charge in [0.05, 0.1) is 10.6 Å². The zero-order valence-electron chi connectivity index (χ0n) is 18.2. The highest BCUT2D eigenvalue weighted by Crippen LogP contribution is 2.26. The lowest BCUT2D eigenvalue weighted by Crippen LogP contribution is -2.41. The predicted molar refractivity (Wildman–Crippen MR) is 120 cm³/mol. The number of anilines is 1. The molecule has 0 aliphatic heterocycles. The minimum Gasteiger partial charge on any atom is -0.382 e. The molecular formula is C23H32N2O4S. The highest BCUT2D eigenvalue weighted by Gasteiger charge is 2.27. The second kappa shape index (κ2) is 11.1. The van der Waals surface area contributed by atoms with Crippen LogP contribution in [0.1, 0.15) is 44.2 Å². The monoisotopic (exact) mass is 432 g/mol. The summed E-state index contributed by atoms with van der Waals surface area (Å²) in [5.41, 5.74) is 2.53. The fraction of sp³-hybridized carbons (Fsp3) is 0.435. The van der Waals surface area contributed by atoms with Gasteiger partial charge in [0.2, 0.25) is 5.91 Å². The fourth-order valence-corrected chi connectivity index (χ4v) is 4.33. The summed E-state index contributed by atoms with van der Waals surface area (Å²) in [7, 11) is -3.89. The molecule has 0 heterocycles. The molecule has 7 heteroatoms. The molecule has 0 saturated carbocycles. The Labute approximate surface area is 180 Å². The van der Waals surface area contributed by atoms with Crippen LogP contribution >= 0.6 is 0 Å². The van der Waals surface area contributed by atoms with Gasteiger partial charge in [-0.3, -0.25) is 9.10 Å². The molecule has 0 spiro atoms. The summed E-state index contributed by atoms with van der Waals surface area (Å²) >= 11 is 0. The predicted octanol–water partition coefficient (Wildman–Crippen LogP) is 3.86. The lowest BCUT2D eigenvalue weighted by atomic mass is 10.0. The maximum atomic E-state index is 13.3. The maximum Gasteiger partial charge on any atom is 0.264 e. The summed E-state index contributed by atoms with van der Waals surface area (Å²) in [5, 5.41) is 2.78. The van der Waals surface area contributed by atoms with Crippen LogP contribution in [0.3, 0.4) is 0 Å². The molecular weight excluding hydrogens is 400 g/mol. The van der Waals surface area contributed by atoms with Crippen molar-refractivity contribution in [3.63, 3.8) is 0 Å². The van der Waals surface area contributed by atoms with Crippen molar-refractivity contribution in [3.05, 3.63) is 59.7 Å². The van der Waals surface area contributed by atoms with Gasteiger partial charge in [0.1, 0.15) is 6.54 Å². The van der Waals surface area contributed by atoms with Crippen LogP contribution in [-0.2, 0) is 19.6 Å². The van der Waals surface area contributed by atoms with Crippen LogP contribution in [0.25, 0.3) is 0 Å². The minimum atomic E-state index is -3.89. The van der Waals surface area contributed by atoms with Crippen molar-refractivity contribution in [2.75, 3.05) is 30.6 Å². The number of benzene rings is 2. The molecule has 30 heavy (non-hydrogen) atoms. The molecule has 0 fully saturated rings. The first-order chi connectivity index (χ1) is 14.3. The Morgan fingerprint density at radius 1 is 1.07 bits per heavy atom. The van der Waals surface area contributed by atoms with Gasteiger partial charge in [-0.1, -0.05) is 43.7 Å². The molecule has 0 aromatic heterocycles. The van der Waals surface area contributed by atoms with Crippen molar-refractivity contribution in [1.82, 2.24) is 5.32 Å². The van der Waals surface area contributed by atoms with Crippen molar-refractivity contribution in [1.29, 1.82) is 0 Å². The summed E-state index contributed by atoms with van der Waals surface area (Å²) in [6.45, 7) is 9.29. The van der Waals surface area contributed by atoms with Crippen LogP contribution in [-0.4, -0.2) is 40.6 Å². The summed E-state index contributed by atoms with van der Waals surface area (Å²) in [4.78, 5) is 12.7. The van der Waals surface area contributed by atoms with Crippen LogP contribution in [0, 0.1) is 6.92 Å². The number of carbonyl (C=O) groups is 1. The van der Waals surface area contributed by atoms with Gasteiger partial charge in [0.25, 0.3) is 10.0 Å². The first-order valence-corrected chi connectivity index (χ1v) is 11.7. The molecule has 164 valence electrons. The van der Waals surface area contributed by atoms with E-state index in [-0.39, 0.29) is 17.3 Å². The van der Waals surface area contributed by atoms with E-state index in [9.17, 15) is 13.2 Å². The molecule has 2 aromatic rings. The molecule has 0 bridgehead atoms. The Morgan fingerprint density at radius 2 is 1.70 bits per heavy atom. The second-order valence-electron chi connectivity index (χ2n) is 7.47. The number of hydrogen-bond donors (Lipinski definition) is 1. The van der Waals surface area contributed by atoms with Crippen molar-refractivity contribution in [2.45, 2.75) is 44.9 Å². The topological polar surface area (TPSA) is 75.7 Å². The van der Waals surface area contributed by atoms with Crippen molar-refractivity contribution in [2.24, 2.45) is 0 Å². The number of nitrogens with zero attached hydrogens (tertiary/aromatic N) is 1.